The number of para-hydroxylation sites is 1. The van der Waals surface area contributed by atoms with Crippen molar-refractivity contribution >= 4 is 28.7 Å². The molecule has 0 unspecified atom stereocenters. The number of hydrogen-bond acceptors (Lipinski definition) is 3. The van der Waals surface area contributed by atoms with Crippen molar-refractivity contribution in [2.45, 2.75) is 56.8 Å². The molecule has 2 aromatic heterocycles. The van der Waals surface area contributed by atoms with Gasteiger partial charge in [-0.25, -0.2) is 0 Å². The molecule has 0 saturated heterocycles. The molecule has 2 heterocycles. The van der Waals surface area contributed by atoms with Gasteiger partial charge in [0.2, 0.25) is 0 Å². The minimum atomic E-state index is -2.19. The van der Waals surface area contributed by atoms with Crippen LogP contribution in [0.1, 0.15) is 50.7 Å². The summed E-state index contributed by atoms with van der Waals surface area (Å²) < 4.78 is 3.92. The summed E-state index contributed by atoms with van der Waals surface area (Å²) >= 11 is -2.19. The van der Waals surface area contributed by atoms with Crippen LogP contribution in [-0.4, -0.2) is 32.9 Å². The molecule has 50 heavy (non-hydrogen) atoms. The number of aromatic hydroxyl groups is 1. The van der Waals surface area contributed by atoms with Gasteiger partial charge in [-0.1, -0.05) is 12.1 Å². The van der Waals surface area contributed by atoms with Crippen molar-refractivity contribution in [2.24, 2.45) is 0 Å². The summed E-state index contributed by atoms with van der Waals surface area (Å²) in [6.45, 7) is 9.21. The van der Waals surface area contributed by atoms with E-state index in [-0.39, 0.29) is 17.6 Å². The molecule has 4 nitrogen and oxygen atoms in total. The Hall–Kier alpha value is -4.94. The van der Waals surface area contributed by atoms with Gasteiger partial charge in [-0.3, -0.25) is 0 Å². The molecule has 5 heteroatoms. The van der Waals surface area contributed by atoms with Crippen LogP contribution in [0.25, 0.3) is 61.8 Å². The fourth-order valence-electron chi connectivity index (χ4n) is 6.83. The number of phenols is 1. The fourth-order valence-corrected chi connectivity index (χ4v) is 9.25. The summed E-state index contributed by atoms with van der Waals surface area (Å²) in [6, 6.07) is 44.4. The van der Waals surface area contributed by atoms with E-state index in [2.05, 4.69) is 134 Å². The Bertz CT molecular complexity index is 2300. The van der Waals surface area contributed by atoms with Gasteiger partial charge in [0.25, 0.3) is 0 Å². The Morgan fingerprint density at radius 2 is 1.18 bits per heavy atom. The third-order valence-electron chi connectivity index (χ3n) is 9.61. The van der Waals surface area contributed by atoms with Crippen molar-refractivity contribution in [3.05, 3.63) is 139 Å². The van der Waals surface area contributed by atoms with E-state index in [1.54, 1.807) is 6.07 Å². The maximum absolute atomic E-state index is 10.6. The van der Waals surface area contributed by atoms with Crippen LogP contribution in [0.15, 0.2) is 127 Å². The van der Waals surface area contributed by atoms with Gasteiger partial charge >= 0.3 is 265 Å². The molecule has 0 radical (unpaired) electrons. The first-order valence-corrected chi connectivity index (χ1v) is 25.0. The van der Waals surface area contributed by atoms with E-state index in [0.29, 0.717) is 5.56 Å². The maximum atomic E-state index is 10.6. The molecule has 0 aliphatic carbocycles. The first-order valence-electron chi connectivity index (χ1n) is 17.6. The van der Waals surface area contributed by atoms with Crippen LogP contribution in [0, 0.1) is 0 Å². The third kappa shape index (κ3) is 6.41. The topological polar surface area (TPSA) is 50.9 Å². The average molecular weight is 716 g/mol. The zero-order valence-corrected chi connectivity index (χ0v) is 32.2. The van der Waals surface area contributed by atoms with Crippen LogP contribution < -0.4 is 4.40 Å². The number of imidazole rings is 1. The average Bonchev–Trinajstić information content (AvgIpc) is 3.50. The molecular weight excluding hydrogens is 671 g/mol. The molecule has 0 saturated carbocycles. The Morgan fingerprint density at radius 3 is 1.86 bits per heavy atom. The van der Waals surface area contributed by atoms with E-state index >= 15 is 0 Å². The summed E-state index contributed by atoms with van der Waals surface area (Å²) in [6.07, 6.45) is 0. The fraction of sp³-hybridized carbons (Fsp3) is 0.200. The predicted octanol–water partition coefficient (Wildman–Crippen LogP) is 11.6. The number of aromatic nitrogens is 3. The monoisotopic (exact) mass is 717 g/mol. The van der Waals surface area contributed by atoms with Gasteiger partial charge in [-0.2, -0.15) is 0 Å². The zero-order chi connectivity index (χ0) is 35.2. The van der Waals surface area contributed by atoms with Crippen LogP contribution in [0.2, 0.25) is 17.3 Å². The van der Waals surface area contributed by atoms with Crippen molar-refractivity contribution in [1.82, 2.24) is 14.5 Å². The van der Waals surface area contributed by atoms with E-state index in [9.17, 15) is 5.11 Å². The number of benzene rings is 5. The van der Waals surface area contributed by atoms with E-state index in [1.165, 1.54) is 32.3 Å². The first kappa shape index (κ1) is 33.6. The molecule has 0 amide bonds. The van der Waals surface area contributed by atoms with E-state index in [1.807, 2.05) is 36.4 Å². The molecule has 1 N–H and O–H groups in total. The molecular formula is C45H45GeN3O. The van der Waals surface area contributed by atoms with Crippen molar-refractivity contribution in [2.75, 3.05) is 0 Å². The summed E-state index contributed by atoms with van der Waals surface area (Å²) in [5.41, 5.74) is 12.8. The van der Waals surface area contributed by atoms with Gasteiger partial charge in [0.1, 0.15) is 5.75 Å². The van der Waals surface area contributed by atoms with Crippen LogP contribution in [0.5, 0.6) is 5.75 Å². The molecule has 7 aromatic rings. The van der Waals surface area contributed by atoms with Gasteiger partial charge in [0.15, 0.2) is 0 Å². The van der Waals surface area contributed by atoms with E-state index in [4.69, 9.17) is 9.97 Å². The molecule has 0 spiro atoms. The molecule has 5 aromatic carbocycles. The molecule has 0 aliphatic rings. The molecule has 0 aliphatic heterocycles. The normalized spacial score (nSPS) is 11.9. The summed E-state index contributed by atoms with van der Waals surface area (Å²) in [7, 11) is 0. The molecule has 250 valence electrons. The summed E-state index contributed by atoms with van der Waals surface area (Å²) in [5.74, 6) is 9.08. The number of rotatable bonds is 8. The second-order valence-electron chi connectivity index (χ2n) is 14.9. The second-order valence-corrected chi connectivity index (χ2v) is 25.6. The molecule has 0 fully saturated rings. The molecule has 7 rings (SSSR count). The number of phenolic OH excluding ortho intramolecular Hbond substituents is 1. The zero-order valence-electron chi connectivity index (χ0n) is 30.1. The summed E-state index contributed by atoms with van der Waals surface area (Å²) in [5, 5.41) is 10.6. The van der Waals surface area contributed by atoms with Crippen molar-refractivity contribution in [1.29, 1.82) is 0 Å². The van der Waals surface area contributed by atoms with Gasteiger partial charge in [0, 0.05) is 0 Å². The van der Waals surface area contributed by atoms with E-state index < -0.39 is 13.3 Å². The predicted molar refractivity (Wildman–Crippen MR) is 213 cm³/mol. The standard InChI is InChI=1S/C45H45GeN3O/c1-29(2)37-26-34(31-15-9-8-10-16-31)27-38(30(3)4)44(37)49-42-28-35(46(5,6)7)23-24-41(42)48-45(49)33-18-13-17-32(25-33)39-20-14-21-40(47-39)36-19-11-12-22-43(36)50/h8-30,50H,1-7H3. The number of hydrogen-bond donors (Lipinski definition) is 1. The van der Waals surface area contributed by atoms with E-state index in [0.717, 1.165) is 39.4 Å². The van der Waals surface area contributed by atoms with Crippen molar-refractivity contribution < 1.29 is 5.11 Å². The van der Waals surface area contributed by atoms with Crippen LogP contribution in [0.3, 0.4) is 0 Å². The second kappa shape index (κ2) is 13.4. The van der Waals surface area contributed by atoms with Crippen LogP contribution in [0.4, 0.5) is 0 Å². The number of pyridine rings is 1. The Balaban J connectivity index is 1.49. The Kier molecular flexibility index (Phi) is 9.00. The van der Waals surface area contributed by atoms with Crippen LogP contribution in [-0.2, 0) is 0 Å². The number of nitrogens with zero attached hydrogens (tertiary/aromatic N) is 3. The summed E-state index contributed by atoms with van der Waals surface area (Å²) in [4.78, 5) is 10.4. The SMILES string of the molecule is CC(C)c1cc(-c2ccccc2)cc(C(C)C)c1-n1c(-c2cccc(-c3cccc(-c4ccccc4O)n3)c2)nc2cc[c]([Ge]([CH3])([CH3])[CH3])cc21. The Morgan fingerprint density at radius 1 is 0.560 bits per heavy atom. The van der Waals surface area contributed by atoms with Crippen LogP contribution >= 0.6 is 0 Å². The van der Waals surface area contributed by atoms with Gasteiger partial charge in [-0.15, -0.1) is 0 Å². The van der Waals surface area contributed by atoms with Gasteiger partial charge < -0.3 is 5.11 Å². The molecule has 0 atom stereocenters. The van der Waals surface area contributed by atoms with Gasteiger partial charge in [-0.05, 0) is 12.1 Å². The van der Waals surface area contributed by atoms with Crippen molar-refractivity contribution in [3.63, 3.8) is 0 Å². The first-order chi connectivity index (χ1) is 24.0. The molecule has 0 bridgehead atoms. The number of fused-ring (bicyclic) bond motifs is 1. The Labute approximate surface area is 298 Å². The minimum absolute atomic E-state index is 0.221. The van der Waals surface area contributed by atoms with Gasteiger partial charge in [0.05, 0.1) is 0 Å². The van der Waals surface area contributed by atoms with Crippen molar-refractivity contribution in [3.8, 4) is 56.5 Å². The third-order valence-corrected chi connectivity index (χ3v) is 13.9. The quantitative estimate of drug-likeness (QED) is 0.159.